The van der Waals surface area contributed by atoms with Gasteiger partial charge in [0.05, 0.1) is 10.9 Å². The molecule has 1 aliphatic rings. The van der Waals surface area contributed by atoms with Crippen molar-refractivity contribution in [2.45, 2.75) is 50.3 Å². The van der Waals surface area contributed by atoms with E-state index in [1.54, 1.807) is 0 Å². The maximum absolute atomic E-state index is 14.7. The summed E-state index contributed by atoms with van der Waals surface area (Å²) in [6.45, 7) is 0. The van der Waals surface area contributed by atoms with Gasteiger partial charge in [0.1, 0.15) is 17.4 Å². The Kier molecular flexibility index (Phi) is 6.62. The lowest BCUT2D eigenvalue weighted by Gasteiger charge is -2.22. The molecule has 0 amide bonds. The van der Waals surface area contributed by atoms with Gasteiger partial charge < -0.3 is 4.74 Å². The van der Waals surface area contributed by atoms with Gasteiger partial charge in [-0.15, -0.1) is 0 Å². The first-order chi connectivity index (χ1) is 16.4. The van der Waals surface area contributed by atoms with E-state index in [2.05, 4.69) is 9.72 Å². The second-order valence-electron chi connectivity index (χ2n) is 8.23. The van der Waals surface area contributed by atoms with Gasteiger partial charge in [-0.2, -0.15) is 22.0 Å². The zero-order valence-corrected chi connectivity index (χ0v) is 18.0. The van der Waals surface area contributed by atoms with Crippen molar-refractivity contribution in [1.82, 2.24) is 4.98 Å². The molecule has 0 saturated heterocycles. The number of hydrogen-bond donors (Lipinski definition) is 0. The molecule has 1 aromatic heterocycles. The minimum atomic E-state index is -5.03. The standard InChI is InChI=1S/C25H17F8NO/c26-19-11-16-10-17(12-20(27)22(16)23(28)18(19)8-9-24(29,30)31)35-25(32,33)21-7-6-15(13-34-21)14-4-2-1-3-5-14/h6-7,10-14H,1-5H2. The van der Waals surface area contributed by atoms with Crippen molar-refractivity contribution in [1.29, 1.82) is 0 Å². The number of rotatable bonds is 4. The SMILES string of the molecule is Fc1cc2cc(OC(F)(F)c3ccc(C4CCCCC4)cn3)cc(F)c2c(F)c1C#CC(F)(F)F. The van der Waals surface area contributed by atoms with E-state index in [1.807, 2.05) is 0 Å². The molecule has 0 unspecified atom stereocenters. The minimum absolute atomic E-state index is 0.241. The third-order valence-electron chi connectivity index (χ3n) is 5.79. The fourth-order valence-electron chi connectivity index (χ4n) is 4.15. The lowest BCUT2D eigenvalue weighted by molar-refractivity contribution is -0.188. The Morgan fingerprint density at radius 2 is 1.60 bits per heavy atom. The molecule has 10 heteroatoms. The number of hydrogen-bond acceptors (Lipinski definition) is 2. The molecule has 35 heavy (non-hydrogen) atoms. The summed E-state index contributed by atoms with van der Waals surface area (Å²) in [5.74, 6) is -3.17. The van der Waals surface area contributed by atoms with E-state index in [9.17, 15) is 35.1 Å². The van der Waals surface area contributed by atoms with E-state index >= 15 is 0 Å². The van der Waals surface area contributed by atoms with Crippen LogP contribution in [0.5, 0.6) is 5.75 Å². The number of fused-ring (bicyclic) bond motifs is 1. The summed E-state index contributed by atoms with van der Waals surface area (Å²) < 4.78 is 114. The van der Waals surface area contributed by atoms with Crippen LogP contribution in [-0.4, -0.2) is 11.2 Å². The summed E-state index contributed by atoms with van der Waals surface area (Å²) in [5.41, 5.74) is -1.21. The van der Waals surface area contributed by atoms with E-state index in [-0.39, 0.29) is 5.92 Å². The number of ether oxygens (including phenoxy) is 1. The van der Waals surface area contributed by atoms with Crippen LogP contribution in [0.3, 0.4) is 0 Å². The number of aromatic nitrogens is 1. The smallest absolute Gasteiger partial charge is 0.428 e. The monoisotopic (exact) mass is 499 g/mol. The van der Waals surface area contributed by atoms with E-state index in [1.165, 1.54) is 18.2 Å². The Labute approximate surface area is 194 Å². The van der Waals surface area contributed by atoms with Crippen molar-refractivity contribution in [3.8, 4) is 17.6 Å². The zero-order valence-electron chi connectivity index (χ0n) is 18.0. The van der Waals surface area contributed by atoms with Crippen molar-refractivity contribution >= 4 is 10.8 Å². The van der Waals surface area contributed by atoms with Gasteiger partial charge in [-0.25, -0.2) is 13.2 Å². The number of halogens is 8. The van der Waals surface area contributed by atoms with Crippen LogP contribution in [0, 0.1) is 29.3 Å². The van der Waals surface area contributed by atoms with Crippen LogP contribution >= 0.6 is 0 Å². The highest BCUT2D eigenvalue weighted by atomic mass is 19.4. The topological polar surface area (TPSA) is 22.1 Å². The second kappa shape index (κ2) is 9.36. The van der Waals surface area contributed by atoms with Gasteiger partial charge in [0.15, 0.2) is 11.5 Å². The normalized spacial score (nSPS) is 15.1. The Balaban J connectivity index is 1.63. The Hall–Kier alpha value is -3.35. The molecule has 1 aliphatic carbocycles. The Morgan fingerprint density at radius 1 is 0.886 bits per heavy atom. The molecule has 184 valence electrons. The maximum Gasteiger partial charge on any atom is 0.458 e. The van der Waals surface area contributed by atoms with Gasteiger partial charge >= 0.3 is 12.3 Å². The molecular formula is C25H17F8NO. The lowest BCUT2D eigenvalue weighted by atomic mass is 9.85. The van der Waals surface area contributed by atoms with E-state index < -0.39 is 57.5 Å². The van der Waals surface area contributed by atoms with Gasteiger partial charge in [-0.1, -0.05) is 31.2 Å². The van der Waals surface area contributed by atoms with Crippen LogP contribution in [-0.2, 0) is 6.11 Å². The van der Waals surface area contributed by atoms with E-state index in [0.717, 1.165) is 49.8 Å². The number of benzene rings is 2. The van der Waals surface area contributed by atoms with Crippen LogP contribution in [0.15, 0.2) is 36.5 Å². The predicted molar refractivity (Wildman–Crippen MR) is 111 cm³/mol. The lowest BCUT2D eigenvalue weighted by Crippen LogP contribution is -2.23. The molecule has 0 aliphatic heterocycles. The number of alkyl halides is 5. The molecule has 1 heterocycles. The molecule has 0 radical (unpaired) electrons. The van der Waals surface area contributed by atoms with Crippen molar-refractivity contribution in [3.63, 3.8) is 0 Å². The Bertz CT molecular complexity index is 1300. The fourth-order valence-corrected chi connectivity index (χ4v) is 4.15. The first-order valence-corrected chi connectivity index (χ1v) is 10.7. The molecule has 1 fully saturated rings. The highest BCUT2D eigenvalue weighted by Gasteiger charge is 2.37. The fraction of sp³-hybridized carbons (Fsp3) is 0.320. The largest absolute Gasteiger partial charge is 0.458 e. The molecule has 2 nitrogen and oxygen atoms in total. The molecular weight excluding hydrogens is 482 g/mol. The molecule has 2 aromatic carbocycles. The first-order valence-electron chi connectivity index (χ1n) is 10.7. The average molecular weight is 499 g/mol. The maximum atomic E-state index is 14.7. The van der Waals surface area contributed by atoms with E-state index in [0.29, 0.717) is 18.1 Å². The van der Waals surface area contributed by atoms with Gasteiger partial charge in [0.25, 0.3) is 0 Å². The summed E-state index contributed by atoms with van der Waals surface area (Å²) in [7, 11) is 0. The molecule has 4 rings (SSSR count). The molecule has 0 spiro atoms. The molecule has 0 bridgehead atoms. The average Bonchev–Trinajstić information content (AvgIpc) is 2.78. The highest BCUT2D eigenvalue weighted by molar-refractivity contribution is 5.87. The summed E-state index contributed by atoms with van der Waals surface area (Å²) >= 11 is 0. The van der Waals surface area contributed by atoms with Crippen LogP contribution in [0.25, 0.3) is 10.8 Å². The Morgan fingerprint density at radius 3 is 2.23 bits per heavy atom. The predicted octanol–water partition coefficient (Wildman–Crippen LogP) is 7.74. The zero-order chi connectivity index (χ0) is 25.4. The molecule has 1 saturated carbocycles. The summed E-state index contributed by atoms with van der Waals surface area (Å²) in [6, 6.07) is 4.30. The van der Waals surface area contributed by atoms with Crippen molar-refractivity contribution < 1.29 is 39.9 Å². The van der Waals surface area contributed by atoms with Crippen LogP contribution in [0.4, 0.5) is 35.1 Å². The van der Waals surface area contributed by atoms with Crippen LogP contribution < -0.4 is 4.74 Å². The van der Waals surface area contributed by atoms with Crippen LogP contribution in [0.1, 0.15) is 54.8 Å². The highest BCUT2D eigenvalue weighted by Crippen LogP contribution is 2.37. The molecule has 0 N–H and O–H groups in total. The van der Waals surface area contributed by atoms with Crippen molar-refractivity contribution in [2.75, 3.05) is 0 Å². The quantitative estimate of drug-likeness (QED) is 0.271. The van der Waals surface area contributed by atoms with Gasteiger partial charge in [0.2, 0.25) is 0 Å². The van der Waals surface area contributed by atoms with Gasteiger partial charge in [-0.3, -0.25) is 4.98 Å². The molecule has 0 atom stereocenters. The number of nitrogens with zero attached hydrogens (tertiary/aromatic N) is 1. The number of pyridine rings is 1. The van der Waals surface area contributed by atoms with Gasteiger partial charge in [0, 0.05) is 18.2 Å². The summed E-state index contributed by atoms with van der Waals surface area (Å²) in [4.78, 5) is 3.79. The second-order valence-corrected chi connectivity index (χ2v) is 8.23. The van der Waals surface area contributed by atoms with Crippen LogP contribution in [0.2, 0.25) is 0 Å². The molecule has 3 aromatic rings. The van der Waals surface area contributed by atoms with Gasteiger partial charge in [-0.05, 0) is 47.9 Å². The third kappa shape index (κ3) is 5.50. The minimum Gasteiger partial charge on any atom is -0.428 e. The van der Waals surface area contributed by atoms with E-state index in [4.69, 9.17) is 0 Å². The van der Waals surface area contributed by atoms with Crippen molar-refractivity contribution in [2.24, 2.45) is 0 Å². The summed E-state index contributed by atoms with van der Waals surface area (Å²) in [6.07, 6.45) is -2.56. The third-order valence-corrected chi connectivity index (χ3v) is 5.79. The first kappa shape index (κ1) is 24.8. The van der Waals surface area contributed by atoms with Crippen molar-refractivity contribution in [3.05, 3.63) is 70.8 Å². The summed E-state index contributed by atoms with van der Waals surface area (Å²) in [5, 5.41) is -1.45.